The van der Waals surface area contributed by atoms with Gasteiger partial charge < -0.3 is 19.6 Å². The summed E-state index contributed by atoms with van der Waals surface area (Å²) in [5, 5.41) is 5.72. The van der Waals surface area contributed by atoms with E-state index in [0.717, 1.165) is 52.5 Å². The van der Waals surface area contributed by atoms with Gasteiger partial charge in [-0.1, -0.05) is 34.8 Å². The molecule has 0 saturated carbocycles. The molecule has 0 bridgehead atoms. The molecule has 3 unspecified atom stereocenters. The molecule has 0 amide bonds. The van der Waals surface area contributed by atoms with Crippen LogP contribution in [-0.2, 0) is 33.4 Å². The Morgan fingerprint density at radius 3 is 1.55 bits per heavy atom. The first-order valence-electron chi connectivity index (χ1n) is 17.5. The molecule has 0 aliphatic rings. The van der Waals surface area contributed by atoms with Crippen LogP contribution in [0.4, 0.5) is 37.7 Å². The zero-order valence-electron chi connectivity index (χ0n) is 34.2. The van der Waals surface area contributed by atoms with Crippen molar-refractivity contribution in [2.75, 3.05) is 32.2 Å². The van der Waals surface area contributed by atoms with Gasteiger partial charge in [0.15, 0.2) is 5.82 Å². The van der Waals surface area contributed by atoms with Crippen LogP contribution in [0.1, 0.15) is 26.3 Å². The Balaban J connectivity index is 0.000000335. The maximum atomic E-state index is 14.2. The molecule has 14 nitrogen and oxygen atoms in total. The summed E-state index contributed by atoms with van der Waals surface area (Å²) in [5.74, 6) is -0.510. The molecule has 348 valence electrons. The van der Waals surface area contributed by atoms with Crippen molar-refractivity contribution in [2.24, 2.45) is 10.9 Å². The van der Waals surface area contributed by atoms with Crippen molar-refractivity contribution < 1.29 is 59.7 Å². The zero-order chi connectivity index (χ0) is 48.6. The number of nitrogens with one attached hydrogen (secondary N) is 2. The Morgan fingerprint density at radius 2 is 1.14 bits per heavy atom. The third-order valence-electron chi connectivity index (χ3n) is 7.52. The summed E-state index contributed by atoms with van der Waals surface area (Å²) in [6, 6.07) is 8.48. The topological polar surface area (TPSA) is 193 Å². The number of hydrogen-bond donors (Lipinski definition) is 3. The molecule has 4 N–H and O–H groups in total. The van der Waals surface area contributed by atoms with Crippen LogP contribution in [0.25, 0.3) is 5.69 Å². The average Bonchev–Trinajstić information content (AvgIpc) is 3.23. The van der Waals surface area contributed by atoms with E-state index < -0.39 is 62.7 Å². The van der Waals surface area contributed by atoms with Crippen LogP contribution in [-0.4, -0.2) is 82.9 Å². The molecule has 1 heterocycles. The molecule has 0 fully saturated rings. The lowest BCUT2D eigenvalue weighted by Gasteiger charge is -2.13. The number of rotatable bonds is 14. The van der Waals surface area contributed by atoms with E-state index in [1.165, 1.54) is 64.4 Å². The van der Waals surface area contributed by atoms with Crippen molar-refractivity contribution >= 4 is 111 Å². The van der Waals surface area contributed by atoms with E-state index in [2.05, 4.69) is 29.8 Å². The fourth-order valence-corrected chi connectivity index (χ4v) is 7.97. The summed E-state index contributed by atoms with van der Waals surface area (Å²) in [4.78, 5) is 58.0. The number of thioether (sulfide) groups is 3. The molecule has 0 aliphatic carbocycles. The minimum atomic E-state index is -5.07. The number of aryl methyl sites for hydroxylation is 1. The third kappa shape index (κ3) is 16.7. The molecule has 64 heavy (non-hydrogen) atoms. The summed E-state index contributed by atoms with van der Waals surface area (Å²) in [5.41, 5.74) is 4.20. The van der Waals surface area contributed by atoms with Crippen molar-refractivity contribution in [3.8, 4) is 5.69 Å². The summed E-state index contributed by atoms with van der Waals surface area (Å²) in [7, 11) is 3.79. The van der Waals surface area contributed by atoms with Crippen molar-refractivity contribution in [2.45, 2.75) is 64.3 Å². The van der Waals surface area contributed by atoms with Gasteiger partial charge in [-0.2, -0.15) is 28.1 Å². The van der Waals surface area contributed by atoms with E-state index in [-0.39, 0.29) is 49.2 Å². The Labute approximate surface area is 389 Å². The number of anilines is 2. The number of nitrogens with zero attached hydrogens (tertiary/aromatic N) is 3. The van der Waals surface area contributed by atoms with Gasteiger partial charge in [0, 0.05) is 20.8 Å². The smallest absolute Gasteiger partial charge is 0.455 e. The number of hydrazine groups is 1. The molecule has 26 heteroatoms. The maximum absolute atomic E-state index is 14.2. The lowest BCUT2D eigenvalue weighted by molar-refractivity contribution is -0.162. The number of aromatic nitrogens is 2. The van der Waals surface area contributed by atoms with Crippen LogP contribution in [0, 0.1) is 24.4 Å². The first-order chi connectivity index (χ1) is 29.9. The zero-order valence-corrected chi connectivity index (χ0v) is 39.0. The van der Waals surface area contributed by atoms with Gasteiger partial charge in [0.1, 0.15) is 33.1 Å². The summed E-state index contributed by atoms with van der Waals surface area (Å²) < 4.78 is 91.9. The Kier molecular flexibility index (Phi) is 22.3. The molecule has 1 aromatic heterocycles. The SMILES string of the molecule is COC(=O)C(C)Sc1cc(-n2ncc(C)cc2=O)c(F)cc1Cl.COC(=O)C(C)Sc1cc(N/N=C/C(=O)C(F)(F)F)c(F)cc1Cl.COC(=O)C(C)Sc1cc(NN)c(F)cc1Cl. The third-order valence-corrected chi connectivity index (χ3v) is 12.2. The number of methoxy groups -OCH3 is 3. The quantitative estimate of drug-likeness (QED) is 0.0206. The molecule has 3 atom stereocenters. The van der Waals surface area contributed by atoms with Gasteiger partial charge in [0.2, 0.25) is 0 Å². The number of ether oxygens (including phenoxy) is 3. The molecule has 0 radical (unpaired) electrons. The van der Waals surface area contributed by atoms with Crippen LogP contribution >= 0.6 is 70.1 Å². The van der Waals surface area contributed by atoms with Gasteiger partial charge in [0.25, 0.3) is 11.3 Å². The van der Waals surface area contributed by atoms with Crippen LogP contribution in [0.5, 0.6) is 0 Å². The first kappa shape index (κ1) is 55.5. The van der Waals surface area contributed by atoms with E-state index >= 15 is 0 Å². The normalized spacial score (nSPS) is 12.4. The van der Waals surface area contributed by atoms with Gasteiger partial charge in [-0.15, -0.1) is 35.3 Å². The molecule has 3 aromatic carbocycles. The first-order valence-corrected chi connectivity index (χ1v) is 21.3. The largest absolute Gasteiger partial charge is 0.468 e. The number of nitrogens with two attached hydrogens (primary N) is 1. The van der Waals surface area contributed by atoms with Crippen LogP contribution in [0.3, 0.4) is 0 Å². The highest BCUT2D eigenvalue weighted by Crippen LogP contribution is 2.37. The molecular weight excluding hydrogens is 985 g/mol. The van der Waals surface area contributed by atoms with Crippen molar-refractivity contribution in [1.29, 1.82) is 0 Å². The summed E-state index contributed by atoms with van der Waals surface area (Å²) in [6.07, 6.45) is -3.63. The number of carbonyl (C=O) groups excluding carboxylic acids is 4. The second-order valence-corrected chi connectivity index (χ2v) is 17.6. The minimum absolute atomic E-state index is 0.00542. The number of hydrazone groups is 1. The van der Waals surface area contributed by atoms with E-state index in [0.29, 0.717) is 15.4 Å². The number of carbonyl (C=O) groups is 4. The van der Waals surface area contributed by atoms with Gasteiger partial charge in [-0.25, -0.2) is 13.2 Å². The number of ketones is 1. The van der Waals surface area contributed by atoms with Crippen molar-refractivity contribution in [1.82, 2.24) is 9.78 Å². The highest BCUT2D eigenvalue weighted by atomic mass is 35.5. The number of nitrogen functional groups attached to an aromatic ring is 1. The van der Waals surface area contributed by atoms with Crippen LogP contribution in [0.15, 0.2) is 73.2 Å². The van der Waals surface area contributed by atoms with Crippen LogP contribution in [0.2, 0.25) is 15.1 Å². The number of alkyl halides is 3. The van der Waals surface area contributed by atoms with Gasteiger partial charge in [-0.3, -0.25) is 35.2 Å². The summed E-state index contributed by atoms with van der Waals surface area (Å²) in [6.45, 7) is 6.57. The predicted molar refractivity (Wildman–Crippen MR) is 235 cm³/mol. The molecule has 4 rings (SSSR count). The van der Waals surface area contributed by atoms with Crippen molar-refractivity contribution in [3.63, 3.8) is 0 Å². The molecule has 0 spiro atoms. The number of benzene rings is 3. The van der Waals surface area contributed by atoms with Gasteiger partial charge >= 0.3 is 24.1 Å². The molecule has 4 aromatic rings. The lowest BCUT2D eigenvalue weighted by Crippen LogP contribution is -2.24. The minimum Gasteiger partial charge on any atom is -0.468 e. The Hall–Kier alpha value is -4.65. The molecular formula is C38H37Cl3F6N6O8S3. The van der Waals surface area contributed by atoms with Crippen LogP contribution < -0.4 is 22.3 Å². The monoisotopic (exact) mass is 1020 g/mol. The molecule has 0 aliphatic heterocycles. The second-order valence-electron chi connectivity index (χ2n) is 12.3. The highest BCUT2D eigenvalue weighted by Gasteiger charge is 2.37. The van der Waals surface area contributed by atoms with E-state index in [4.69, 9.17) is 40.6 Å². The molecule has 0 saturated heterocycles. The predicted octanol–water partition coefficient (Wildman–Crippen LogP) is 9.07. The number of hydrogen-bond acceptors (Lipinski definition) is 16. The Morgan fingerprint density at radius 1 is 0.734 bits per heavy atom. The average molecular weight is 1020 g/mol. The number of halogens is 9. The fourth-order valence-electron chi connectivity index (χ4n) is 4.33. The van der Waals surface area contributed by atoms with E-state index in [9.17, 15) is 50.3 Å². The second kappa shape index (κ2) is 25.7. The maximum Gasteiger partial charge on any atom is 0.455 e. The lowest BCUT2D eigenvalue weighted by atomic mass is 10.3. The van der Waals surface area contributed by atoms with Gasteiger partial charge in [0.05, 0.1) is 60.2 Å². The number of Topliss-reactive ketones (excluding diaryl/α,β-unsaturated/α-hetero) is 1. The fraction of sp³-hybridized carbons (Fsp3) is 0.289. The number of esters is 3. The standard InChI is InChI=1S/C15H14ClFN2O3S.C13H11ClF4N2O3S.C10H12ClFN2O2S/c1-8-4-14(20)19(18-7-8)12-6-13(10(16)5-11(12)17)23-9(2)15(21)22-3;1-6(12(22)23-2)24-10-4-9(8(15)3-7(10)14)20-19-5-11(21)13(16,17)18;1-5(10(15)16-2)17-9-4-8(14-13)7(12)3-6(9)11/h4-7,9H,1-3H3;3-6,20H,1-2H3;3-5,14H,13H2,1-2H3/b;19-5+;. The summed E-state index contributed by atoms with van der Waals surface area (Å²) >= 11 is 21.0. The van der Waals surface area contributed by atoms with E-state index in [1.807, 2.05) is 5.43 Å². The van der Waals surface area contributed by atoms with Crippen molar-refractivity contribution in [3.05, 3.63) is 97.1 Å². The van der Waals surface area contributed by atoms with Gasteiger partial charge in [-0.05, 0) is 69.7 Å². The Bertz CT molecular complexity index is 2420. The van der Waals surface area contributed by atoms with E-state index in [1.54, 1.807) is 20.8 Å². The highest BCUT2D eigenvalue weighted by molar-refractivity contribution is 8.01.